The number of amides is 1. The summed E-state index contributed by atoms with van der Waals surface area (Å²) < 4.78 is 29.5. The molecule has 0 spiro atoms. The van der Waals surface area contributed by atoms with E-state index in [1.807, 2.05) is 0 Å². The zero-order valence-corrected chi connectivity index (χ0v) is 18.0. The second kappa shape index (κ2) is 7.66. The van der Waals surface area contributed by atoms with Crippen LogP contribution in [0.4, 0.5) is 5.69 Å². The normalized spacial score (nSPS) is 20.8. The van der Waals surface area contributed by atoms with E-state index in [2.05, 4.69) is 15.3 Å². The van der Waals surface area contributed by atoms with E-state index >= 15 is 0 Å². The summed E-state index contributed by atoms with van der Waals surface area (Å²) in [6.45, 7) is 1.12. The number of hydrogen-bond acceptors (Lipinski definition) is 7. The Bertz CT molecular complexity index is 1290. The maximum Gasteiger partial charge on any atom is 0.276 e. The first-order valence-corrected chi connectivity index (χ1v) is 12.1. The summed E-state index contributed by atoms with van der Waals surface area (Å²) in [5.41, 5.74) is 0.794. The number of pyridine rings is 1. The topological polar surface area (TPSA) is 114 Å². The highest BCUT2D eigenvalue weighted by Gasteiger charge is 2.40. The van der Waals surface area contributed by atoms with Crippen molar-refractivity contribution >= 4 is 33.0 Å². The minimum Gasteiger partial charge on any atom is -0.316 e. The van der Waals surface area contributed by atoms with Gasteiger partial charge in [0.1, 0.15) is 15.6 Å². The fourth-order valence-corrected chi connectivity index (χ4v) is 7.04. The summed E-state index contributed by atoms with van der Waals surface area (Å²) in [5.74, 6) is -0.542. The van der Waals surface area contributed by atoms with Crippen LogP contribution in [0.3, 0.4) is 0 Å². The minimum atomic E-state index is -3.53. The number of anilines is 1. The molecule has 9 nitrogen and oxygen atoms in total. The van der Waals surface area contributed by atoms with Crippen LogP contribution in [0.1, 0.15) is 28.5 Å². The molecule has 11 heteroatoms. The summed E-state index contributed by atoms with van der Waals surface area (Å²) in [6, 6.07) is 6.73. The number of carbonyl (C=O) groups excluding carboxylic acids is 1. The van der Waals surface area contributed by atoms with E-state index in [-0.39, 0.29) is 28.8 Å². The number of hydrogen-bond donors (Lipinski definition) is 1. The van der Waals surface area contributed by atoms with E-state index in [1.165, 1.54) is 34.2 Å². The van der Waals surface area contributed by atoms with E-state index in [9.17, 15) is 18.0 Å². The van der Waals surface area contributed by atoms with Crippen molar-refractivity contribution in [1.29, 1.82) is 0 Å². The maximum atomic E-state index is 13.1. The van der Waals surface area contributed by atoms with Crippen LogP contribution in [0.5, 0.6) is 0 Å². The molecule has 3 aromatic heterocycles. The average molecular weight is 458 g/mol. The molecule has 0 aromatic carbocycles. The van der Waals surface area contributed by atoms with Crippen LogP contribution >= 0.6 is 11.3 Å². The molecule has 160 valence electrons. The van der Waals surface area contributed by atoms with Crippen LogP contribution in [-0.4, -0.2) is 46.3 Å². The Balaban J connectivity index is 1.42. The van der Waals surface area contributed by atoms with Crippen molar-refractivity contribution in [3.8, 4) is 0 Å². The van der Waals surface area contributed by atoms with Crippen LogP contribution in [-0.2, 0) is 16.6 Å². The molecule has 0 aliphatic carbocycles. The fourth-order valence-electron chi connectivity index (χ4n) is 4.33. The third-order valence-corrected chi connectivity index (χ3v) is 8.91. The molecule has 31 heavy (non-hydrogen) atoms. The van der Waals surface area contributed by atoms with Gasteiger partial charge < -0.3 is 9.88 Å². The summed E-state index contributed by atoms with van der Waals surface area (Å²) >= 11 is 1.21. The molecule has 1 amide bonds. The van der Waals surface area contributed by atoms with Crippen molar-refractivity contribution in [3.05, 3.63) is 70.0 Å². The van der Waals surface area contributed by atoms with Gasteiger partial charge >= 0.3 is 0 Å². The molecule has 2 atom stereocenters. The Hall–Kier alpha value is -2.89. The van der Waals surface area contributed by atoms with Crippen molar-refractivity contribution in [1.82, 2.24) is 18.8 Å². The highest BCUT2D eigenvalue weighted by atomic mass is 32.2. The lowest BCUT2D eigenvalue weighted by Gasteiger charge is -2.42. The van der Waals surface area contributed by atoms with Crippen LogP contribution in [0.15, 0.2) is 57.2 Å². The molecule has 5 heterocycles. The van der Waals surface area contributed by atoms with Crippen molar-refractivity contribution in [2.24, 2.45) is 5.92 Å². The van der Waals surface area contributed by atoms with E-state index in [0.29, 0.717) is 23.8 Å². The lowest BCUT2D eigenvalue weighted by atomic mass is 9.84. The molecule has 1 saturated heterocycles. The molecule has 2 aliphatic heterocycles. The molecule has 2 bridgehead atoms. The number of sulfonamides is 1. The van der Waals surface area contributed by atoms with Crippen LogP contribution in [0.2, 0.25) is 0 Å². The lowest BCUT2D eigenvalue weighted by Crippen LogP contribution is -2.49. The smallest absolute Gasteiger partial charge is 0.276 e. The fraction of sp³-hybridized carbons (Fsp3) is 0.300. The Kier molecular flexibility index (Phi) is 4.95. The third-order valence-electron chi connectivity index (χ3n) is 5.70. The first-order valence-electron chi connectivity index (χ1n) is 9.78. The molecule has 0 saturated carbocycles. The van der Waals surface area contributed by atoms with E-state index < -0.39 is 15.9 Å². The highest BCUT2D eigenvalue weighted by molar-refractivity contribution is 7.91. The van der Waals surface area contributed by atoms with Gasteiger partial charge in [0.25, 0.3) is 21.5 Å². The van der Waals surface area contributed by atoms with Crippen LogP contribution in [0, 0.1) is 5.92 Å². The summed E-state index contributed by atoms with van der Waals surface area (Å²) in [7, 11) is -3.53. The zero-order valence-electron chi connectivity index (χ0n) is 16.3. The molecule has 1 N–H and O–H groups in total. The van der Waals surface area contributed by atoms with Gasteiger partial charge in [-0.05, 0) is 35.9 Å². The van der Waals surface area contributed by atoms with E-state index in [4.69, 9.17) is 0 Å². The number of piperidine rings is 1. The maximum absolute atomic E-state index is 13.1. The highest BCUT2D eigenvalue weighted by Crippen LogP contribution is 2.38. The first-order chi connectivity index (χ1) is 14.9. The Morgan fingerprint density at radius 3 is 2.77 bits per heavy atom. The standard InChI is InChI=1S/C20H19N5O4S2/c26-19(16-9-21-5-6-22-16)23-15-3-4-17-14-8-13(11-25(17)20(15)27)10-24(12-14)31(28,29)18-2-1-7-30-18/h1-7,9,13-14H,8,10-12H2,(H,23,26)/t13-,14+/m0/s1. The number of nitrogens with zero attached hydrogens (tertiary/aromatic N) is 4. The van der Waals surface area contributed by atoms with Gasteiger partial charge in [-0.25, -0.2) is 13.4 Å². The molecule has 3 aromatic rings. The second-order valence-electron chi connectivity index (χ2n) is 7.69. The van der Waals surface area contributed by atoms with Gasteiger partial charge in [-0.15, -0.1) is 11.3 Å². The number of nitrogens with one attached hydrogen (secondary N) is 1. The van der Waals surface area contributed by atoms with Gasteiger partial charge in [0.2, 0.25) is 0 Å². The van der Waals surface area contributed by atoms with Crippen molar-refractivity contribution in [2.75, 3.05) is 18.4 Å². The van der Waals surface area contributed by atoms with E-state index in [1.54, 1.807) is 34.2 Å². The monoisotopic (exact) mass is 457 g/mol. The van der Waals surface area contributed by atoms with Crippen LogP contribution in [0.25, 0.3) is 0 Å². The summed E-state index contributed by atoms with van der Waals surface area (Å²) in [4.78, 5) is 33.2. The third kappa shape index (κ3) is 3.58. The predicted octanol–water partition coefficient (Wildman–Crippen LogP) is 1.76. The molecular formula is C20H19N5O4S2. The Labute approximate surface area is 182 Å². The summed E-state index contributed by atoms with van der Waals surface area (Å²) in [6.07, 6.45) is 5.04. The molecule has 2 aliphatic rings. The number of thiophene rings is 1. The van der Waals surface area contributed by atoms with Crippen LogP contribution < -0.4 is 10.9 Å². The van der Waals surface area contributed by atoms with Gasteiger partial charge in [0.05, 0.1) is 6.20 Å². The lowest BCUT2D eigenvalue weighted by molar-refractivity contribution is 0.102. The van der Waals surface area contributed by atoms with Gasteiger partial charge in [-0.2, -0.15) is 4.31 Å². The largest absolute Gasteiger partial charge is 0.316 e. The number of rotatable bonds is 4. The van der Waals surface area contributed by atoms with Gasteiger partial charge in [-0.1, -0.05) is 6.07 Å². The van der Waals surface area contributed by atoms with Gasteiger partial charge in [0, 0.05) is 43.6 Å². The number of aromatic nitrogens is 3. The number of fused-ring (bicyclic) bond motifs is 4. The molecule has 0 unspecified atom stereocenters. The van der Waals surface area contributed by atoms with Crippen molar-refractivity contribution in [2.45, 2.75) is 23.1 Å². The molecular weight excluding hydrogens is 438 g/mol. The molecule has 5 rings (SSSR count). The zero-order chi connectivity index (χ0) is 21.6. The van der Waals surface area contributed by atoms with Crippen molar-refractivity contribution < 1.29 is 13.2 Å². The van der Waals surface area contributed by atoms with Crippen molar-refractivity contribution in [3.63, 3.8) is 0 Å². The number of carbonyl (C=O) groups is 1. The minimum absolute atomic E-state index is 0.0321. The van der Waals surface area contributed by atoms with E-state index in [0.717, 1.165) is 12.1 Å². The van der Waals surface area contributed by atoms with Gasteiger partial charge in [-0.3, -0.25) is 14.6 Å². The Morgan fingerprint density at radius 2 is 2.03 bits per heavy atom. The quantitative estimate of drug-likeness (QED) is 0.639. The molecule has 0 radical (unpaired) electrons. The Morgan fingerprint density at radius 1 is 1.16 bits per heavy atom. The predicted molar refractivity (Wildman–Crippen MR) is 115 cm³/mol. The summed E-state index contributed by atoms with van der Waals surface area (Å²) in [5, 5.41) is 4.37. The first kappa shape index (κ1) is 20.0. The van der Waals surface area contributed by atoms with Gasteiger partial charge in [0.15, 0.2) is 0 Å². The second-order valence-corrected chi connectivity index (χ2v) is 10.8. The molecule has 1 fully saturated rings. The SMILES string of the molecule is O=C(Nc1ccc2n(c1=O)C[C@H]1C[C@@H]2CN(S(=O)(=O)c2cccs2)C1)c1cnccn1. The average Bonchev–Trinajstić information content (AvgIpc) is 3.32.